The van der Waals surface area contributed by atoms with Gasteiger partial charge in [0, 0.05) is 39.3 Å². The van der Waals surface area contributed by atoms with Gasteiger partial charge in [-0.05, 0) is 32.9 Å². The topological polar surface area (TPSA) is 149 Å². The van der Waals surface area contributed by atoms with Crippen molar-refractivity contribution >= 4 is 11.9 Å². The Bertz CT molecular complexity index is 462. The van der Waals surface area contributed by atoms with Crippen LogP contribution in [0.25, 0.3) is 0 Å². The molecule has 0 atom stereocenters. The van der Waals surface area contributed by atoms with Crippen LogP contribution in [0.2, 0.25) is 0 Å². The number of likely N-dealkylation sites (N-methyl/N-ethyl adjacent to an activating group) is 1. The van der Waals surface area contributed by atoms with E-state index in [9.17, 15) is 0 Å². The highest BCUT2D eigenvalue weighted by molar-refractivity contribution is 5.74. The van der Waals surface area contributed by atoms with Crippen LogP contribution in [0, 0.1) is 10.8 Å². The molecule has 0 bridgehead atoms. The molecule has 8 N–H and O–H groups in total. The van der Waals surface area contributed by atoms with Crippen molar-refractivity contribution in [1.82, 2.24) is 20.4 Å². The van der Waals surface area contributed by atoms with E-state index in [1.165, 1.54) is 0 Å². The fraction of sp³-hybridized carbons (Fsp3) is 0.800. The zero-order valence-corrected chi connectivity index (χ0v) is 18.9. The van der Waals surface area contributed by atoms with Crippen LogP contribution in [0.5, 0.6) is 0 Å². The summed E-state index contributed by atoms with van der Waals surface area (Å²) in [6, 6.07) is 0. The highest BCUT2D eigenvalue weighted by Crippen LogP contribution is 1.94. The number of nitrogens with one attached hydrogen (secondary N) is 4. The Morgan fingerprint density at radius 3 is 1.97 bits per heavy atom. The van der Waals surface area contributed by atoms with E-state index >= 15 is 0 Å². The fourth-order valence-corrected chi connectivity index (χ4v) is 2.63. The lowest BCUT2D eigenvalue weighted by Crippen LogP contribution is -2.34. The molecule has 0 aromatic carbocycles. The first-order valence-electron chi connectivity index (χ1n) is 10.8. The number of hydrogen-bond donors (Lipinski definition) is 6. The number of rotatable bonds is 20. The summed E-state index contributed by atoms with van der Waals surface area (Å²) < 4.78 is 11.3. The number of hydrogen-bond acceptors (Lipinski definition) is 6. The van der Waals surface area contributed by atoms with Gasteiger partial charge in [-0.3, -0.25) is 15.7 Å². The molecule has 0 radical (unpaired) electrons. The molecule has 0 fully saturated rings. The summed E-state index contributed by atoms with van der Waals surface area (Å²) in [4.78, 5) is 4.54. The van der Waals surface area contributed by atoms with Gasteiger partial charge in [-0.1, -0.05) is 19.1 Å². The maximum atomic E-state index is 7.19. The van der Waals surface area contributed by atoms with Gasteiger partial charge in [0.05, 0.1) is 26.4 Å². The average Bonchev–Trinajstić information content (AvgIpc) is 2.69. The summed E-state index contributed by atoms with van der Waals surface area (Å²) in [7, 11) is 2.06. The molecule has 0 unspecified atom stereocenters. The Kier molecular flexibility index (Phi) is 19.1. The number of allylic oxidation sites excluding steroid dienone is 1. The Morgan fingerprint density at radius 1 is 0.833 bits per heavy atom. The van der Waals surface area contributed by atoms with Crippen molar-refractivity contribution in [3.05, 3.63) is 12.2 Å². The van der Waals surface area contributed by atoms with E-state index in [0.29, 0.717) is 39.5 Å². The molecule has 0 rings (SSSR count). The number of nitrogens with two attached hydrogens (primary N) is 2. The Morgan fingerprint density at radius 2 is 1.40 bits per heavy atom. The second-order valence-corrected chi connectivity index (χ2v) is 7.10. The minimum absolute atomic E-state index is 0.0199. The van der Waals surface area contributed by atoms with Crippen LogP contribution in [0.1, 0.15) is 26.2 Å². The average molecular weight is 429 g/mol. The number of guanidine groups is 2. The molecule has 0 amide bonds. The minimum Gasteiger partial charge on any atom is -0.378 e. The summed E-state index contributed by atoms with van der Waals surface area (Å²) >= 11 is 0. The molecule has 10 nitrogen and oxygen atoms in total. The first-order chi connectivity index (χ1) is 14.5. The first-order valence-corrected chi connectivity index (χ1v) is 10.8. The van der Waals surface area contributed by atoms with Gasteiger partial charge in [0.1, 0.15) is 0 Å². The Labute approximate surface area is 182 Å². The first kappa shape index (κ1) is 28.1. The van der Waals surface area contributed by atoms with Gasteiger partial charge >= 0.3 is 0 Å². The number of nitrogens with zero attached hydrogens (tertiary/aromatic N) is 2. The van der Waals surface area contributed by atoms with Gasteiger partial charge in [0.2, 0.25) is 0 Å². The SMILES string of the molecule is CC/C=C\CN(CCCNC(=N)N)CCOCCOCCN(C)CCCNC(=N)N. The molecule has 0 aliphatic heterocycles. The largest absolute Gasteiger partial charge is 0.378 e. The van der Waals surface area contributed by atoms with E-state index in [2.05, 4.69) is 46.6 Å². The van der Waals surface area contributed by atoms with E-state index in [-0.39, 0.29) is 11.9 Å². The second-order valence-electron chi connectivity index (χ2n) is 7.10. The monoisotopic (exact) mass is 428 g/mol. The Balaban J connectivity index is 3.70. The predicted octanol–water partition coefficient (Wildman–Crippen LogP) is -0.0341. The molecule has 0 spiro atoms. The lowest BCUT2D eigenvalue weighted by molar-refractivity contribution is 0.0339. The van der Waals surface area contributed by atoms with Crippen molar-refractivity contribution in [2.24, 2.45) is 11.5 Å². The van der Waals surface area contributed by atoms with Crippen molar-refractivity contribution in [3.63, 3.8) is 0 Å². The Hall–Kier alpha value is -1.88. The second kappa shape index (κ2) is 20.4. The summed E-state index contributed by atoms with van der Waals surface area (Å²) in [6.07, 6.45) is 7.27. The molecule has 0 saturated heterocycles. The minimum atomic E-state index is 0.0199. The zero-order chi connectivity index (χ0) is 22.5. The number of ether oxygens (including phenoxy) is 2. The maximum absolute atomic E-state index is 7.19. The standard InChI is InChI=1S/C20H44N8O2/c1-3-4-5-11-28(12-7-9-26-20(23)24)14-16-30-18-17-29-15-13-27(2)10-6-8-25-19(21)22/h4-5H,3,6-18H2,1-2H3,(H4,21,22,25)(H4,23,24,26)/b5-4-. The van der Waals surface area contributed by atoms with E-state index in [0.717, 1.165) is 52.0 Å². The molecule has 10 heteroatoms. The van der Waals surface area contributed by atoms with Crippen molar-refractivity contribution in [3.8, 4) is 0 Å². The third-order valence-electron chi connectivity index (χ3n) is 4.31. The molecule has 0 aliphatic carbocycles. The molecule has 30 heavy (non-hydrogen) atoms. The third kappa shape index (κ3) is 20.8. The van der Waals surface area contributed by atoms with Crippen molar-refractivity contribution < 1.29 is 9.47 Å². The van der Waals surface area contributed by atoms with Gasteiger partial charge in [-0.25, -0.2) is 0 Å². The normalized spacial score (nSPS) is 11.5. The zero-order valence-electron chi connectivity index (χ0n) is 18.9. The van der Waals surface area contributed by atoms with E-state index in [1.54, 1.807) is 0 Å². The van der Waals surface area contributed by atoms with Gasteiger partial charge in [0.25, 0.3) is 0 Å². The van der Waals surface area contributed by atoms with Gasteiger partial charge < -0.3 is 36.5 Å². The highest BCUT2D eigenvalue weighted by Gasteiger charge is 2.03. The van der Waals surface area contributed by atoms with E-state index < -0.39 is 0 Å². The van der Waals surface area contributed by atoms with Crippen LogP contribution in [0.15, 0.2) is 12.2 Å². The lowest BCUT2D eigenvalue weighted by Gasteiger charge is -2.21. The molecule has 0 saturated carbocycles. The van der Waals surface area contributed by atoms with Crippen molar-refractivity contribution in [2.75, 3.05) is 79.3 Å². The van der Waals surface area contributed by atoms with Crippen molar-refractivity contribution in [2.45, 2.75) is 26.2 Å². The highest BCUT2D eigenvalue weighted by atomic mass is 16.5. The summed E-state index contributed by atoms with van der Waals surface area (Å²) in [5, 5.41) is 19.9. The van der Waals surface area contributed by atoms with Gasteiger partial charge in [-0.15, -0.1) is 0 Å². The third-order valence-corrected chi connectivity index (χ3v) is 4.31. The smallest absolute Gasteiger partial charge is 0.185 e. The lowest BCUT2D eigenvalue weighted by atomic mass is 10.3. The molecular formula is C20H44N8O2. The molecule has 0 aliphatic rings. The van der Waals surface area contributed by atoms with Crippen LogP contribution >= 0.6 is 0 Å². The van der Waals surface area contributed by atoms with Crippen molar-refractivity contribution in [1.29, 1.82) is 10.8 Å². The predicted molar refractivity (Wildman–Crippen MR) is 124 cm³/mol. The van der Waals surface area contributed by atoms with Crippen LogP contribution in [0.3, 0.4) is 0 Å². The molecular weight excluding hydrogens is 384 g/mol. The molecule has 0 aromatic rings. The van der Waals surface area contributed by atoms with Crippen LogP contribution < -0.4 is 22.1 Å². The summed E-state index contributed by atoms with van der Waals surface area (Å²) in [5.74, 6) is 0.0402. The van der Waals surface area contributed by atoms with E-state index in [4.69, 9.17) is 31.8 Å². The molecule has 176 valence electrons. The molecule has 0 aromatic heterocycles. The van der Waals surface area contributed by atoms with Crippen LogP contribution in [-0.4, -0.2) is 101 Å². The summed E-state index contributed by atoms with van der Waals surface area (Å²) in [6.45, 7) is 10.6. The van der Waals surface area contributed by atoms with Gasteiger partial charge in [0.15, 0.2) is 11.9 Å². The summed E-state index contributed by atoms with van der Waals surface area (Å²) in [5.41, 5.74) is 10.6. The van der Waals surface area contributed by atoms with E-state index in [1.807, 2.05) is 0 Å². The van der Waals surface area contributed by atoms with Gasteiger partial charge in [-0.2, -0.15) is 0 Å². The maximum Gasteiger partial charge on any atom is 0.185 e. The fourth-order valence-electron chi connectivity index (χ4n) is 2.63. The van der Waals surface area contributed by atoms with Crippen LogP contribution in [-0.2, 0) is 9.47 Å². The quantitative estimate of drug-likeness (QED) is 0.0685. The molecule has 0 heterocycles. The van der Waals surface area contributed by atoms with Crippen LogP contribution in [0.4, 0.5) is 0 Å².